The molecule has 3 heterocycles. The van der Waals surface area contributed by atoms with Crippen molar-refractivity contribution in [3.63, 3.8) is 0 Å². The third kappa shape index (κ3) is 5.31. The molecule has 0 saturated carbocycles. The largest absolute Gasteiger partial charge is 0.483 e. The SMILES string of the molecule is O=C(COc1ccccc1C1SCCS1)Nc1nc2c(s1)CN(Cc1ccccc1)CC2. The zero-order valence-corrected chi connectivity index (χ0v) is 20.1. The number of rotatable bonds is 7. The molecule has 1 aromatic heterocycles. The zero-order valence-electron chi connectivity index (χ0n) is 17.7. The van der Waals surface area contributed by atoms with Gasteiger partial charge in [-0.05, 0) is 11.6 Å². The van der Waals surface area contributed by atoms with Gasteiger partial charge in [-0.25, -0.2) is 4.98 Å². The number of amides is 1. The maximum absolute atomic E-state index is 12.5. The number of carbonyl (C=O) groups is 1. The Labute approximate surface area is 201 Å². The minimum atomic E-state index is -0.168. The second-order valence-electron chi connectivity index (χ2n) is 7.78. The van der Waals surface area contributed by atoms with E-state index in [1.165, 1.54) is 10.4 Å². The van der Waals surface area contributed by atoms with Gasteiger partial charge in [-0.15, -0.1) is 34.9 Å². The van der Waals surface area contributed by atoms with Crippen molar-refractivity contribution in [3.05, 3.63) is 76.3 Å². The van der Waals surface area contributed by atoms with Crippen LogP contribution in [0, 0.1) is 0 Å². The number of thioether (sulfide) groups is 2. The summed E-state index contributed by atoms with van der Waals surface area (Å²) in [7, 11) is 0. The summed E-state index contributed by atoms with van der Waals surface area (Å²) in [6.45, 7) is 2.78. The molecule has 2 aliphatic heterocycles. The molecule has 166 valence electrons. The number of hydrogen-bond acceptors (Lipinski definition) is 7. The first-order valence-electron chi connectivity index (χ1n) is 10.7. The Bertz CT molecular complexity index is 1070. The number of anilines is 1. The van der Waals surface area contributed by atoms with E-state index in [9.17, 15) is 4.79 Å². The summed E-state index contributed by atoms with van der Waals surface area (Å²) in [5.74, 6) is 2.94. The first kappa shape index (κ1) is 21.8. The molecule has 2 aliphatic rings. The Kier molecular flexibility index (Phi) is 7.02. The third-order valence-corrected chi connectivity index (χ3v) is 9.52. The standard InChI is InChI=1S/C24H25N3O2S3/c28-22(16-29-20-9-5-4-8-18(20)23-30-12-13-31-23)26-24-25-19-10-11-27(15-21(19)32-24)14-17-6-2-1-3-7-17/h1-9,23H,10-16H2,(H,25,26,28). The fourth-order valence-corrected chi connectivity index (χ4v) is 7.90. The molecule has 0 bridgehead atoms. The Morgan fingerprint density at radius 2 is 1.88 bits per heavy atom. The maximum atomic E-state index is 12.5. The van der Waals surface area contributed by atoms with Gasteiger partial charge in [-0.1, -0.05) is 48.5 Å². The molecule has 8 heteroatoms. The van der Waals surface area contributed by atoms with Crippen molar-refractivity contribution in [1.82, 2.24) is 9.88 Å². The van der Waals surface area contributed by atoms with Gasteiger partial charge >= 0.3 is 0 Å². The van der Waals surface area contributed by atoms with E-state index >= 15 is 0 Å². The van der Waals surface area contributed by atoms with E-state index in [-0.39, 0.29) is 12.5 Å². The smallest absolute Gasteiger partial charge is 0.264 e. The van der Waals surface area contributed by atoms with Gasteiger partial charge in [-0.3, -0.25) is 15.0 Å². The van der Waals surface area contributed by atoms with Crippen LogP contribution in [0.3, 0.4) is 0 Å². The van der Waals surface area contributed by atoms with Crippen LogP contribution in [0.1, 0.15) is 26.3 Å². The van der Waals surface area contributed by atoms with E-state index < -0.39 is 0 Å². The zero-order chi connectivity index (χ0) is 21.8. The highest BCUT2D eigenvalue weighted by Crippen LogP contribution is 2.48. The van der Waals surface area contributed by atoms with E-state index in [1.54, 1.807) is 11.3 Å². The molecule has 32 heavy (non-hydrogen) atoms. The van der Waals surface area contributed by atoms with Crippen LogP contribution in [0.2, 0.25) is 0 Å². The molecule has 0 aliphatic carbocycles. The van der Waals surface area contributed by atoms with Crippen molar-refractivity contribution >= 4 is 45.9 Å². The van der Waals surface area contributed by atoms with Crippen LogP contribution in [0.25, 0.3) is 0 Å². The number of thiazole rings is 1. The summed E-state index contributed by atoms with van der Waals surface area (Å²) < 4.78 is 6.29. The van der Waals surface area contributed by atoms with Crippen molar-refractivity contribution in [2.45, 2.75) is 24.1 Å². The quantitative estimate of drug-likeness (QED) is 0.499. The number of carbonyl (C=O) groups excluding carboxylic acids is 1. The monoisotopic (exact) mass is 483 g/mol. The summed E-state index contributed by atoms with van der Waals surface area (Å²) in [5.41, 5.74) is 3.59. The number of aromatic nitrogens is 1. The fraction of sp³-hybridized carbons (Fsp3) is 0.333. The lowest BCUT2D eigenvalue weighted by Gasteiger charge is -2.25. The van der Waals surface area contributed by atoms with E-state index in [1.807, 2.05) is 47.8 Å². The molecule has 1 saturated heterocycles. The van der Waals surface area contributed by atoms with Gasteiger partial charge in [0.25, 0.3) is 5.91 Å². The molecule has 1 fully saturated rings. The van der Waals surface area contributed by atoms with Crippen LogP contribution >= 0.6 is 34.9 Å². The lowest BCUT2D eigenvalue weighted by molar-refractivity contribution is -0.118. The highest BCUT2D eigenvalue weighted by Gasteiger charge is 2.23. The van der Waals surface area contributed by atoms with E-state index in [4.69, 9.17) is 4.74 Å². The predicted octanol–water partition coefficient (Wildman–Crippen LogP) is 5.20. The number of benzene rings is 2. The normalized spacial score (nSPS) is 16.6. The van der Waals surface area contributed by atoms with Crippen molar-refractivity contribution in [1.29, 1.82) is 0 Å². The maximum Gasteiger partial charge on any atom is 0.264 e. The molecule has 1 amide bonds. The molecule has 0 spiro atoms. The Morgan fingerprint density at radius 3 is 2.72 bits per heavy atom. The van der Waals surface area contributed by atoms with Crippen LogP contribution in [-0.2, 0) is 24.3 Å². The van der Waals surface area contributed by atoms with Crippen molar-refractivity contribution in [3.8, 4) is 5.75 Å². The average molecular weight is 484 g/mol. The lowest BCUT2D eigenvalue weighted by atomic mass is 10.1. The van der Waals surface area contributed by atoms with Gasteiger partial charge in [0.1, 0.15) is 5.75 Å². The predicted molar refractivity (Wildman–Crippen MR) is 135 cm³/mol. The Balaban J connectivity index is 1.16. The van der Waals surface area contributed by atoms with Crippen molar-refractivity contribution in [2.75, 3.05) is 30.0 Å². The van der Waals surface area contributed by atoms with Gasteiger partial charge in [0.05, 0.1) is 10.3 Å². The number of hydrogen-bond donors (Lipinski definition) is 1. The summed E-state index contributed by atoms with van der Waals surface area (Å²) in [6.07, 6.45) is 0.912. The first-order chi connectivity index (χ1) is 15.7. The minimum Gasteiger partial charge on any atom is -0.483 e. The number of fused-ring (bicyclic) bond motifs is 1. The van der Waals surface area contributed by atoms with Gasteiger partial charge < -0.3 is 4.74 Å². The van der Waals surface area contributed by atoms with E-state index in [0.29, 0.717) is 9.71 Å². The fourth-order valence-electron chi connectivity index (χ4n) is 3.92. The van der Waals surface area contributed by atoms with Crippen LogP contribution in [0.15, 0.2) is 54.6 Å². The second kappa shape index (κ2) is 10.3. The number of para-hydroxylation sites is 1. The second-order valence-corrected chi connectivity index (χ2v) is 11.6. The van der Waals surface area contributed by atoms with Crippen molar-refractivity contribution in [2.24, 2.45) is 0 Å². The molecule has 3 aromatic rings. The molecule has 5 nitrogen and oxygen atoms in total. The van der Waals surface area contributed by atoms with Gasteiger partial charge in [-0.2, -0.15) is 0 Å². The summed E-state index contributed by atoms with van der Waals surface area (Å²) in [5, 5.41) is 3.60. The highest BCUT2D eigenvalue weighted by atomic mass is 32.2. The van der Waals surface area contributed by atoms with Crippen LogP contribution in [0.4, 0.5) is 5.13 Å². The Morgan fingerprint density at radius 1 is 1.09 bits per heavy atom. The molecule has 0 radical (unpaired) electrons. The summed E-state index contributed by atoms with van der Waals surface area (Å²) in [4.78, 5) is 20.9. The topological polar surface area (TPSA) is 54.5 Å². The number of ether oxygens (including phenoxy) is 1. The van der Waals surface area contributed by atoms with Crippen molar-refractivity contribution < 1.29 is 9.53 Å². The molecule has 5 rings (SSSR count). The van der Waals surface area contributed by atoms with Crippen LogP contribution in [0.5, 0.6) is 5.75 Å². The van der Waals surface area contributed by atoms with Gasteiger partial charge in [0.15, 0.2) is 11.7 Å². The molecule has 1 N–H and O–H groups in total. The number of nitrogens with zero attached hydrogens (tertiary/aromatic N) is 2. The molecule has 0 unspecified atom stereocenters. The van der Waals surface area contributed by atoms with E-state index in [0.717, 1.165) is 54.6 Å². The van der Waals surface area contributed by atoms with E-state index in [2.05, 4.69) is 45.5 Å². The Hall–Kier alpha value is -2.00. The van der Waals surface area contributed by atoms with Crippen LogP contribution in [-0.4, -0.2) is 40.4 Å². The highest BCUT2D eigenvalue weighted by molar-refractivity contribution is 8.19. The summed E-state index contributed by atoms with van der Waals surface area (Å²) >= 11 is 5.44. The van der Waals surface area contributed by atoms with Gasteiger partial charge in [0.2, 0.25) is 0 Å². The third-order valence-electron chi connectivity index (χ3n) is 5.46. The number of nitrogens with one attached hydrogen (secondary N) is 1. The lowest BCUT2D eigenvalue weighted by Crippen LogP contribution is -2.29. The summed E-state index contributed by atoms with van der Waals surface area (Å²) in [6, 6.07) is 18.6. The average Bonchev–Trinajstić information content (AvgIpc) is 3.48. The molecular weight excluding hydrogens is 458 g/mol. The molecular formula is C24H25N3O2S3. The van der Waals surface area contributed by atoms with Gasteiger partial charge in [0, 0.05) is 48.0 Å². The van der Waals surface area contributed by atoms with Crippen LogP contribution < -0.4 is 10.1 Å². The molecule has 0 atom stereocenters. The first-order valence-corrected chi connectivity index (χ1v) is 13.7. The minimum absolute atomic E-state index is 0.0105. The molecule has 2 aromatic carbocycles.